The van der Waals surface area contributed by atoms with Gasteiger partial charge in [-0.05, 0) is 18.2 Å². The van der Waals surface area contributed by atoms with Crippen LogP contribution in [0.3, 0.4) is 0 Å². The van der Waals surface area contributed by atoms with E-state index in [-0.39, 0.29) is 16.0 Å². The first-order chi connectivity index (χ1) is 7.45. The zero-order valence-corrected chi connectivity index (χ0v) is 9.00. The van der Waals surface area contributed by atoms with Gasteiger partial charge in [0.05, 0.1) is 18.2 Å². The highest BCUT2D eigenvalue weighted by Gasteiger charge is 2.33. The molecule has 1 amide bonds. The average molecular weight is 241 g/mol. The van der Waals surface area contributed by atoms with Crippen molar-refractivity contribution in [3.05, 3.63) is 29.3 Å². The number of benzene rings is 1. The van der Waals surface area contributed by atoms with E-state index in [0.29, 0.717) is 0 Å². The van der Waals surface area contributed by atoms with Gasteiger partial charge in [-0.15, -0.1) is 0 Å². The Labute approximate surface area is 91.3 Å². The van der Waals surface area contributed by atoms with Gasteiger partial charge in [0.1, 0.15) is 4.90 Å². The van der Waals surface area contributed by atoms with Crippen LogP contribution in [0.1, 0.15) is 20.7 Å². The molecule has 0 saturated heterocycles. The molecule has 1 aromatic rings. The molecule has 16 heavy (non-hydrogen) atoms. The Hall–Kier alpha value is -1.89. The summed E-state index contributed by atoms with van der Waals surface area (Å²) in [6.07, 6.45) is 0. The number of sulfonamides is 1. The van der Waals surface area contributed by atoms with E-state index >= 15 is 0 Å². The Morgan fingerprint density at radius 2 is 2.06 bits per heavy atom. The number of nitrogens with one attached hydrogen (secondary N) is 1. The summed E-state index contributed by atoms with van der Waals surface area (Å²) in [5.41, 5.74) is 0.119. The molecule has 0 fully saturated rings. The lowest BCUT2D eigenvalue weighted by Gasteiger charge is -2.00. The summed E-state index contributed by atoms with van der Waals surface area (Å²) in [5, 5.41) is 0. The van der Waals surface area contributed by atoms with Crippen molar-refractivity contribution in [3.8, 4) is 0 Å². The second-order valence-corrected chi connectivity index (χ2v) is 4.79. The second kappa shape index (κ2) is 3.31. The van der Waals surface area contributed by atoms with E-state index in [4.69, 9.17) is 0 Å². The fourth-order valence-corrected chi connectivity index (χ4v) is 2.61. The summed E-state index contributed by atoms with van der Waals surface area (Å²) in [7, 11) is -2.64. The highest BCUT2D eigenvalue weighted by Crippen LogP contribution is 2.23. The van der Waals surface area contributed by atoms with Crippen molar-refractivity contribution in [2.75, 3.05) is 7.11 Å². The maximum atomic E-state index is 11.4. The minimum absolute atomic E-state index is 0.0349. The van der Waals surface area contributed by atoms with E-state index in [2.05, 4.69) is 4.74 Å². The topological polar surface area (TPSA) is 89.5 Å². The van der Waals surface area contributed by atoms with E-state index < -0.39 is 21.9 Å². The van der Waals surface area contributed by atoms with E-state index in [9.17, 15) is 18.0 Å². The standard InChI is InChI=1S/C9H7NO5S/c1-15-9(12)5-2-3-6-7(4-5)16(13,14)10-8(6)11/h2-4H,1H3,(H,10,11). The first-order valence-corrected chi connectivity index (χ1v) is 5.73. The number of esters is 1. The number of carbonyl (C=O) groups is 2. The summed E-state index contributed by atoms with van der Waals surface area (Å²) in [4.78, 5) is 22.2. The van der Waals surface area contributed by atoms with Crippen LogP contribution in [0.2, 0.25) is 0 Å². The summed E-state index contributed by atoms with van der Waals surface area (Å²) in [5.74, 6) is -1.34. The van der Waals surface area contributed by atoms with Crippen molar-refractivity contribution < 1.29 is 22.7 Å². The van der Waals surface area contributed by atoms with Crippen LogP contribution >= 0.6 is 0 Å². The van der Waals surface area contributed by atoms with Gasteiger partial charge in [-0.25, -0.2) is 17.9 Å². The third-order valence-corrected chi connectivity index (χ3v) is 3.53. The number of carbonyl (C=O) groups excluding carboxylic acids is 2. The largest absolute Gasteiger partial charge is 0.465 e. The fraction of sp³-hybridized carbons (Fsp3) is 0.111. The van der Waals surface area contributed by atoms with E-state index in [1.165, 1.54) is 19.2 Å². The molecule has 1 N–H and O–H groups in total. The highest BCUT2D eigenvalue weighted by atomic mass is 32.2. The van der Waals surface area contributed by atoms with Crippen molar-refractivity contribution in [3.63, 3.8) is 0 Å². The number of fused-ring (bicyclic) bond motifs is 1. The Balaban J connectivity index is 2.64. The molecule has 0 saturated carbocycles. The van der Waals surface area contributed by atoms with Gasteiger partial charge < -0.3 is 4.74 Å². The normalized spacial score (nSPS) is 16.4. The molecule has 1 aliphatic heterocycles. The number of ether oxygens (including phenoxy) is 1. The third kappa shape index (κ3) is 1.45. The number of amides is 1. The van der Waals surface area contributed by atoms with Crippen LogP contribution in [-0.2, 0) is 14.8 Å². The van der Waals surface area contributed by atoms with Crippen LogP contribution in [-0.4, -0.2) is 27.4 Å². The maximum Gasteiger partial charge on any atom is 0.337 e. The van der Waals surface area contributed by atoms with Crippen LogP contribution in [0.15, 0.2) is 23.1 Å². The Morgan fingerprint density at radius 3 is 2.69 bits per heavy atom. The molecule has 2 rings (SSSR count). The number of hydrogen-bond acceptors (Lipinski definition) is 5. The van der Waals surface area contributed by atoms with Gasteiger partial charge in [0, 0.05) is 0 Å². The fourth-order valence-electron chi connectivity index (χ4n) is 1.41. The summed E-state index contributed by atoms with van der Waals surface area (Å²) >= 11 is 0. The second-order valence-electron chi connectivity index (χ2n) is 3.14. The predicted octanol–water partition coefficient (Wildman–Crippen LogP) is -0.0947. The molecule has 84 valence electrons. The molecular weight excluding hydrogens is 234 g/mol. The lowest BCUT2D eigenvalue weighted by Crippen LogP contribution is -2.20. The van der Waals surface area contributed by atoms with E-state index in [1.807, 2.05) is 4.72 Å². The maximum absolute atomic E-state index is 11.4. The first-order valence-electron chi connectivity index (χ1n) is 4.25. The lowest BCUT2D eigenvalue weighted by molar-refractivity contribution is 0.0600. The van der Waals surface area contributed by atoms with Crippen molar-refractivity contribution in [2.24, 2.45) is 0 Å². The van der Waals surface area contributed by atoms with Crippen molar-refractivity contribution in [2.45, 2.75) is 4.90 Å². The Bertz CT molecular complexity index is 590. The van der Waals surface area contributed by atoms with Gasteiger partial charge in [-0.2, -0.15) is 0 Å². The van der Waals surface area contributed by atoms with Crippen molar-refractivity contribution in [1.82, 2.24) is 4.72 Å². The van der Waals surface area contributed by atoms with Gasteiger partial charge in [-0.1, -0.05) is 0 Å². The van der Waals surface area contributed by atoms with Crippen molar-refractivity contribution >= 4 is 21.9 Å². The zero-order valence-electron chi connectivity index (χ0n) is 8.18. The predicted molar refractivity (Wildman–Crippen MR) is 52.4 cm³/mol. The molecule has 0 atom stereocenters. The molecule has 0 aliphatic carbocycles. The molecule has 0 aromatic heterocycles. The third-order valence-electron chi connectivity index (χ3n) is 2.16. The van der Waals surface area contributed by atoms with Crippen LogP contribution in [0.5, 0.6) is 0 Å². The lowest BCUT2D eigenvalue weighted by atomic mass is 10.1. The quantitative estimate of drug-likeness (QED) is 0.694. The van der Waals surface area contributed by atoms with Gasteiger partial charge in [0.2, 0.25) is 0 Å². The molecule has 7 heteroatoms. The molecule has 1 aromatic carbocycles. The summed E-state index contributed by atoms with van der Waals surface area (Å²) in [6, 6.07) is 3.74. The minimum Gasteiger partial charge on any atom is -0.465 e. The Kier molecular flexibility index (Phi) is 2.20. The summed E-state index contributed by atoms with van der Waals surface area (Å²) < 4.78 is 29.2. The van der Waals surface area contributed by atoms with Crippen LogP contribution in [0.25, 0.3) is 0 Å². The molecule has 0 radical (unpaired) electrons. The van der Waals surface area contributed by atoms with Crippen molar-refractivity contribution in [1.29, 1.82) is 0 Å². The van der Waals surface area contributed by atoms with Gasteiger partial charge in [0.15, 0.2) is 0 Å². The van der Waals surface area contributed by atoms with Crippen LogP contribution < -0.4 is 4.72 Å². The molecule has 0 unspecified atom stereocenters. The van der Waals surface area contributed by atoms with Gasteiger partial charge in [0.25, 0.3) is 15.9 Å². The SMILES string of the molecule is COC(=O)c1ccc2c(c1)S(=O)(=O)NC2=O. The molecule has 0 spiro atoms. The number of hydrogen-bond donors (Lipinski definition) is 1. The van der Waals surface area contributed by atoms with Crippen LogP contribution in [0, 0.1) is 0 Å². The van der Waals surface area contributed by atoms with E-state index in [0.717, 1.165) is 6.07 Å². The average Bonchev–Trinajstić information content (AvgIpc) is 2.48. The van der Waals surface area contributed by atoms with E-state index in [1.54, 1.807) is 0 Å². The Morgan fingerprint density at radius 1 is 1.38 bits per heavy atom. The molecule has 6 nitrogen and oxygen atoms in total. The molecule has 1 heterocycles. The number of methoxy groups -OCH3 is 1. The smallest absolute Gasteiger partial charge is 0.337 e. The van der Waals surface area contributed by atoms with Gasteiger partial charge >= 0.3 is 5.97 Å². The monoisotopic (exact) mass is 241 g/mol. The highest BCUT2D eigenvalue weighted by molar-refractivity contribution is 7.90. The van der Waals surface area contributed by atoms with Gasteiger partial charge in [-0.3, -0.25) is 4.79 Å². The minimum atomic E-state index is -3.83. The molecule has 1 aliphatic rings. The number of rotatable bonds is 1. The summed E-state index contributed by atoms with van der Waals surface area (Å²) in [6.45, 7) is 0. The van der Waals surface area contributed by atoms with Crippen LogP contribution in [0.4, 0.5) is 0 Å². The first kappa shape index (κ1) is 10.6. The zero-order chi connectivity index (χ0) is 11.9. The molecule has 0 bridgehead atoms. The molecular formula is C9H7NO5S.